The fourth-order valence-corrected chi connectivity index (χ4v) is 5.24. The van der Waals surface area contributed by atoms with E-state index in [4.69, 9.17) is 11.6 Å². The molecule has 0 heterocycles. The Morgan fingerprint density at radius 1 is 1.00 bits per heavy atom. The van der Waals surface area contributed by atoms with Gasteiger partial charge in [0.25, 0.3) is 15.7 Å². The average molecular weight is 559 g/mol. The number of likely N-dealkylation sites (N-methyl/N-ethyl adjacent to an activating group) is 1. The maximum Gasteiger partial charge on any atom is 0.269 e. The predicted octanol–water partition coefficient (Wildman–Crippen LogP) is 4.00. The van der Waals surface area contributed by atoms with Crippen LogP contribution in [-0.4, -0.2) is 49.2 Å². The van der Waals surface area contributed by atoms with Gasteiger partial charge < -0.3 is 10.2 Å². The second kappa shape index (κ2) is 12.5. The van der Waals surface area contributed by atoms with Gasteiger partial charge >= 0.3 is 0 Å². The summed E-state index contributed by atoms with van der Waals surface area (Å²) in [6.45, 7) is 3.03. The molecule has 2 amide bonds. The van der Waals surface area contributed by atoms with Crippen LogP contribution in [0.3, 0.4) is 0 Å². The van der Waals surface area contributed by atoms with Crippen LogP contribution >= 0.6 is 11.6 Å². The number of nitrogens with zero attached hydrogens (tertiary/aromatic N) is 3. The standard InChI is InChI=1S/C26H27ClN4O6S/c1-3-28-26(33)19(2)29(17-20-9-11-21(27)12-10-20)25(32)18-30(22-13-15-23(16-14-22)31(34)35)38(36,37)24-7-5-4-6-8-24/h4-16,19H,3,17-18H2,1-2H3,(H,28,33). The van der Waals surface area contributed by atoms with Gasteiger partial charge in [-0.05, 0) is 55.8 Å². The smallest absolute Gasteiger partial charge is 0.269 e. The molecule has 0 fully saturated rings. The number of nitro benzene ring substituents is 1. The minimum atomic E-state index is -4.25. The summed E-state index contributed by atoms with van der Waals surface area (Å²) in [5, 5.41) is 14.3. The number of benzene rings is 3. The second-order valence-corrected chi connectivity index (χ2v) is 10.6. The highest BCUT2D eigenvalue weighted by atomic mass is 35.5. The lowest BCUT2D eigenvalue weighted by Crippen LogP contribution is -2.51. The first-order chi connectivity index (χ1) is 18.0. The number of halogens is 1. The maximum absolute atomic E-state index is 13.7. The minimum Gasteiger partial charge on any atom is -0.355 e. The fraction of sp³-hybridized carbons (Fsp3) is 0.231. The van der Waals surface area contributed by atoms with E-state index in [9.17, 15) is 28.1 Å². The van der Waals surface area contributed by atoms with E-state index in [1.165, 1.54) is 29.2 Å². The molecule has 3 aromatic carbocycles. The number of carbonyl (C=O) groups is 2. The van der Waals surface area contributed by atoms with E-state index < -0.39 is 39.3 Å². The number of nitrogens with one attached hydrogen (secondary N) is 1. The van der Waals surface area contributed by atoms with Crippen molar-refractivity contribution in [2.45, 2.75) is 31.3 Å². The number of nitro groups is 1. The zero-order valence-electron chi connectivity index (χ0n) is 20.8. The summed E-state index contributed by atoms with van der Waals surface area (Å²) >= 11 is 5.98. The summed E-state index contributed by atoms with van der Waals surface area (Å²) in [5.41, 5.74) is 0.517. The monoisotopic (exact) mass is 558 g/mol. The minimum absolute atomic E-state index is 0.0216. The lowest BCUT2D eigenvalue weighted by atomic mass is 10.1. The Labute approximate surface area is 226 Å². The van der Waals surface area contributed by atoms with E-state index >= 15 is 0 Å². The van der Waals surface area contributed by atoms with E-state index in [0.717, 1.165) is 16.4 Å². The summed E-state index contributed by atoms with van der Waals surface area (Å²) in [5.74, 6) is -1.04. The molecule has 3 aromatic rings. The third-order valence-electron chi connectivity index (χ3n) is 5.74. The molecule has 0 aliphatic carbocycles. The number of hydrogen-bond donors (Lipinski definition) is 1. The van der Waals surface area contributed by atoms with Gasteiger partial charge in [0.05, 0.1) is 15.5 Å². The molecule has 200 valence electrons. The van der Waals surface area contributed by atoms with Crippen molar-refractivity contribution in [2.24, 2.45) is 0 Å². The Kier molecular flexibility index (Phi) is 9.43. The zero-order valence-corrected chi connectivity index (χ0v) is 22.4. The molecule has 0 spiro atoms. The quantitative estimate of drug-likeness (QED) is 0.280. The van der Waals surface area contributed by atoms with Crippen molar-refractivity contribution in [2.75, 3.05) is 17.4 Å². The van der Waals surface area contributed by atoms with Gasteiger partial charge in [-0.1, -0.05) is 41.9 Å². The first kappa shape index (κ1) is 28.6. The largest absolute Gasteiger partial charge is 0.355 e. The van der Waals surface area contributed by atoms with E-state index in [-0.39, 0.29) is 22.8 Å². The second-order valence-electron chi connectivity index (χ2n) is 8.32. The zero-order chi connectivity index (χ0) is 27.9. The van der Waals surface area contributed by atoms with Crippen LogP contribution in [0, 0.1) is 10.1 Å². The topological polar surface area (TPSA) is 130 Å². The van der Waals surface area contributed by atoms with Crippen LogP contribution in [-0.2, 0) is 26.2 Å². The van der Waals surface area contributed by atoms with Crippen LogP contribution in [0.15, 0.2) is 83.8 Å². The van der Waals surface area contributed by atoms with Gasteiger partial charge in [0.2, 0.25) is 11.8 Å². The normalized spacial score (nSPS) is 11.9. The predicted molar refractivity (Wildman–Crippen MR) is 144 cm³/mol. The Balaban J connectivity index is 2.03. The van der Waals surface area contributed by atoms with Crippen LogP contribution in [0.25, 0.3) is 0 Å². The highest BCUT2D eigenvalue weighted by Gasteiger charge is 2.32. The van der Waals surface area contributed by atoms with Crippen LogP contribution in [0.4, 0.5) is 11.4 Å². The average Bonchev–Trinajstić information content (AvgIpc) is 2.91. The van der Waals surface area contributed by atoms with Gasteiger partial charge in [0.1, 0.15) is 12.6 Å². The summed E-state index contributed by atoms with van der Waals surface area (Å²) in [7, 11) is -4.25. The highest BCUT2D eigenvalue weighted by Crippen LogP contribution is 2.26. The van der Waals surface area contributed by atoms with E-state index in [0.29, 0.717) is 17.1 Å². The van der Waals surface area contributed by atoms with Gasteiger partial charge in [-0.15, -0.1) is 0 Å². The van der Waals surface area contributed by atoms with Crippen molar-refractivity contribution in [1.82, 2.24) is 10.2 Å². The molecule has 0 aromatic heterocycles. The lowest BCUT2D eigenvalue weighted by Gasteiger charge is -2.32. The number of non-ortho nitro benzene ring substituents is 1. The number of anilines is 1. The Hall–Kier alpha value is -3.96. The molecule has 0 radical (unpaired) electrons. The van der Waals surface area contributed by atoms with Crippen LogP contribution in [0.2, 0.25) is 5.02 Å². The maximum atomic E-state index is 13.7. The van der Waals surface area contributed by atoms with Gasteiger partial charge in [-0.2, -0.15) is 0 Å². The molecule has 1 N–H and O–H groups in total. The third kappa shape index (κ3) is 6.87. The summed E-state index contributed by atoms with van der Waals surface area (Å²) in [4.78, 5) is 38.1. The molecular weight excluding hydrogens is 532 g/mol. The van der Waals surface area contributed by atoms with E-state index in [1.807, 2.05) is 0 Å². The molecule has 1 unspecified atom stereocenters. The SMILES string of the molecule is CCNC(=O)C(C)N(Cc1ccc(Cl)cc1)C(=O)CN(c1ccc([N+](=O)[O-])cc1)S(=O)(=O)c1ccccc1. The summed E-state index contributed by atoms with van der Waals surface area (Å²) in [6.07, 6.45) is 0. The van der Waals surface area contributed by atoms with Gasteiger partial charge in [-0.25, -0.2) is 8.42 Å². The van der Waals surface area contributed by atoms with E-state index in [1.54, 1.807) is 56.3 Å². The first-order valence-corrected chi connectivity index (χ1v) is 13.5. The molecule has 1 atom stereocenters. The van der Waals surface area contributed by atoms with Crippen molar-refractivity contribution in [3.05, 3.63) is 99.6 Å². The third-order valence-corrected chi connectivity index (χ3v) is 7.78. The van der Waals surface area contributed by atoms with Crippen molar-refractivity contribution >= 4 is 44.8 Å². The molecule has 0 saturated heterocycles. The number of rotatable bonds is 11. The van der Waals surface area contributed by atoms with Gasteiger partial charge in [0, 0.05) is 30.2 Å². The number of amides is 2. The van der Waals surface area contributed by atoms with Crippen LogP contribution in [0.5, 0.6) is 0 Å². The number of carbonyl (C=O) groups excluding carboxylic acids is 2. The molecule has 3 rings (SSSR count). The van der Waals surface area contributed by atoms with Crippen molar-refractivity contribution in [3.8, 4) is 0 Å². The molecule has 0 aliphatic rings. The molecule has 0 saturated carbocycles. The molecule has 38 heavy (non-hydrogen) atoms. The van der Waals surface area contributed by atoms with Gasteiger partial charge in [-0.3, -0.25) is 24.0 Å². The molecule has 10 nitrogen and oxygen atoms in total. The van der Waals surface area contributed by atoms with Crippen molar-refractivity contribution in [3.63, 3.8) is 0 Å². The molecule has 12 heteroatoms. The Bertz CT molecular complexity index is 1380. The molecule has 0 aliphatic heterocycles. The Morgan fingerprint density at radius 3 is 2.16 bits per heavy atom. The molecule has 0 bridgehead atoms. The number of sulfonamides is 1. The van der Waals surface area contributed by atoms with Crippen molar-refractivity contribution in [1.29, 1.82) is 0 Å². The fourth-order valence-electron chi connectivity index (χ4n) is 3.68. The van der Waals surface area contributed by atoms with Crippen molar-refractivity contribution < 1.29 is 22.9 Å². The Morgan fingerprint density at radius 2 is 1.61 bits per heavy atom. The first-order valence-electron chi connectivity index (χ1n) is 11.7. The summed E-state index contributed by atoms with van der Waals surface area (Å²) in [6, 6.07) is 18.2. The molecular formula is C26H27ClN4O6S. The van der Waals surface area contributed by atoms with Gasteiger partial charge in [0.15, 0.2) is 0 Å². The number of hydrogen-bond acceptors (Lipinski definition) is 6. The highest BCUT2D eigenvalue weighted by molar-refractivity contribution is 7.92. The van der Waals surface area contributed by atoms with Crippen LogP contribution < -0.4 is 9.62 Å². The summed E-state index contributed by atoms with van der Waals surface area (Å²) < 4.78 is 28.2. The lowest BCUT2D eigenvalue weighted by molar-refractivity contribution is -0.384. The van der Waals surface area contributed by atoms with Crippen LogP contribution in [0.1, 0.15) is 19.4 Å². The van der Waals surface area contributed by atoms with E-state index in [2.05, 4.69) is 5.32 Å².